The number of amides is 2. The van der Waals surface area contributed by atoms with Gasteiger partial charge in [0.15, 0.2) is 17.5 Å². The van der Waals surface area contributed by atoms with Crippen LogP contribution in [-0.2, 0) is 20.7 Å². The number of likely N-dealkylation sites (tertiary alicyclic amines) is 1. The van der Waals surface area contributed by atoms with Gasteiger partial charge in [-0.25, -0.2) is 10.2 Å². The number of aliphatic carboxylic acids is 1. The maximum Gasteiger partial charge on any atom is 0.328 e. The number of β-lactam (4-membered cyclic amide) rings is 1. The zero-order valence-corrected chi connectivity index (χ0v) is 19.2. The number of carboxylic acid groups (broad SMARTS) is 1. The monoisotopic (exact) mass is 513 g/mol. The maximum atomic E-state index is 12.3. The van der Waals surface area contributed by atoms with E-state index in [1.165, 1.54) is 6.07 Å². The Morgan fingerprint density at radius 3 is 2.71 bits per heavy atom. The van der Waals surface area contributed by atoms with Crippen molar-refractivity contribution in [2.75, 3.05) is 0 Å². The lowest BCUT2D eigenvalue weighted by molar-refractivity contribution is -0.161. The van der Waals surface area contributed by atoms with E-state index in [4.69, 9.17) is 16.1 Å². The number of aromatic nitrogens is 1. The summed E-state index contributed by atoms with van der Waals surface area (Å²) >= 11 is 2.91. The number of nitrogens with one attached hydrogen (secondary N) is 1. The van der Waals surface area contributed by atoms with Crippen molar-refractivity contribution in [3.05, 3.63) is 29.0 Å². The summed E-state index contributed by atoms with van der Waals surface area (Å²) in [5, 5.41) is 35.8. The fraction of sp³-hybridized carbons (Fsp3) is 0.316. The van der Waals surface area contributed by atoms with Gasteiger partial charge in [0.2, 0.25) is 11.7 Å². The second kappa shape index (κ2) is 9.40. The second-order valence-electron chi connectivity index (χ2n) is 7.58. The normalized spacial score (nSPS) is 19.4. The van der Waals surface area contributed by atoms with Gasteiger partial charge in [0.05, 0.1) is 9.77 Å². The quantitative estimate of drug-likeness (QED) is 0.128. The molecule has 1 aromatic heterocycles. The number of aromatic hydroxyl groups is 2. The fourth-order valence-corrected chi connectivity index (χ4v) is 4.16. The van der Waals surface area contributed by atoms with Gasteiger partial charge in [-0.15, -0.1) is 0 Å². The molecule has 1 saturated heterocycles. The summed E-state index contributed by atoms with van der Waals surface area (Å²) in [4.78, 5) is 37.0. The number of hydrogen-bond acceptors (Lipinski definition) is 10. The Balaban J connectivity index is 1.80. The molecule has 34 heavy (non-hydrogen) atoms. The minimum Gasteiger partial charge on any atom is -0.772 e. The van der Waals surface area contributed by atoms with Gasteiger partial charge in [0.25, 0.3) is 0 Å². The number of carboxylic acids is 1. The Hall–Kier alpha value is -3.49. The summed E-state index contributed by atoms with van der Waals surface area (Å²) in [6.45, 7) is 2.63. The van der Waals surface area contributed by atoms with Crippen molar-refractivity contribution in [3.8, 4) is 22.8 Å². The van der Waals surface area contributed by atoms with E-state index in [1.54, 1.807) is 6.92 Å². The van der Waals surface area contributed by atoms with Crippen LogP contribution < -0.4 is 5.43 Å². The van der Waals surface area contributed by atoms with E-state index in [2.05, 4.69) is 10.3 Å². The van der Waals surface area contributed by atoms with Gasteiger partial charge >= 0.3 is 11.9 Å². The lowest BCUT2D eigenvalue weighted by atomic mass is 9.92. The number of hydrazone groups is 1. The Morgan fingerprint density at radius 1 is 1.47 bits per heavy atom. The van der Waals surface area contributed by atoms with Crippen LogP contribution in [0.15, 0.2) is 27.8 Å². The molecule has 182 valence electrons. The largest absolute Gasteiger partial charge is 0.772 e. The van der Waals surface area contributed by atoms with Gasteiger partial charge in [-0.3, -0.25) is 13.8 Å². The molecule has 1 aromatic carbocycles. The third-order valence-corrected chi connectivity index (χ3v) is 6.67. The smallest absolute Gasteiger partial charge is 0.328 e. The van der Waals surface area contributed by atoms with Gasteiger partial charge in [-0.05, 0) is 37.1 Å². The predicted octanol–water partition coefficient (Wildman–Crippen LogP) is 0.834. The highest BCUT2D eigenvalue weighted by molar-refractivity contribution is 7.81. The van der Waals surface area contributed by atoms with Crippen LogP contribution in [0, 0.1) is 0 Å². The molecule has 0 radical (unpaired) electrons. The summed E-state index contributed by atoms with van der Waals surface area (Å²) in [7, 11) is 0. The SMILES string of the molecule is C[C@@H]1CC(=O)N1[C@@H](C(=O)O)[C@](C)(/C=N/NC(=O)c1cc(-c2ccc(O)c(O)c2Cl)no1)S(=O)[O-]. The summed E-state index contributed by atoms with van der Waals surface area (Å²) in [5.74, 6) is -4.47. The topological polar surface area (TPSA) is 206 Å². The van der Waals surface area contributed by atoms with Crippen LogP contribution in [0.5, 0.6) is 11.5 Å². The number of nitrogens with zero attached hydrogens (tertiary/aromatic N) is 3. The van der Waals surface area contributed by atoms with E-state index < -0.39 is 57.2 Å². The maximum absolute atomic E-state index is 12.3. The molecule has 0 aliphatic carbocycles. The lowest BCUT2D eigenvalue weighted by Gasteiger charge is -2.48. The first-order chi connectivity index (χ1) is 15.9. The minimum atomic E-state index is -3.04. The second-order valence-corrected chi connectivity index (χ2v) is 9.31. The van der Waals surface area contributed by atoms with Crippen molar-refractivity contribution in [1.82, 2.24) is 15.5 Å². The zero-order valence-electron chi connectivity index (χ0n) is 17.6. The van der Waals surface area contributed by atoms with Crippen molar-refractivity contribution in [2.24, 2.45) is 5.10 Å². The summed E-state index contributed by atoms with van der Waals surface area (Å²) in [6.07, 6.45) is 0.785. The minimum absolute atomic E-state index is 0.0381. The van der Waals surface area contributed by atoms with E-state index in [9.17, 15) is 38.5 Å². The number of phenols is 2. The zero-order chi connectivity index (χ0) is 25.4. The molecular formula is C19H18ClN4O9S-. The number of carbonyl (C=O) groups excluding carboxylic acids is 2. The van der Waals surface area contributed by atoms with Crippen LogP contribution in [0.1, 0.15) is 30.8 Å². The average Bonchev–Trinajstić information content (AvgIpc) is 3.25. The van der Waals surface area contributed by atoms with Crippen LogP contribution in [-0.4, -0.2) is 75.0 Å². The third kappa shape index (κ3) is 4.47. The van der Waals surface area contributed by atoms with Crippen LogP contribution in [0.25, 0.3) is 11.3 Å². The molecule has 0 spiro atoms. The average molecular weight is 514 g/mol. The molecule has 4 atom stereocenters. The Morgan fingerprint density at radius 2 is 2.15 bits per heavy atom. The number of halogens is 1. The molecule has 1 aliphatic heterocycles. The highest BCUT2D eigenvalue weighted by Gasteiger charge is 2.51. The first-order valence-electron chi connectivity index (χ1n) is 9.53. The van der Waals surface area contributed by atoms with Gasteiger partial charge in [-0.1, -0.05) is 16.8 Å². The molecule has 15 heteroatoms. The van der Waals surface area contributed by atoms with Crippen molar-refractivity contribution in [2.45, 2.75) is 37.1 Å². The standard InChI is InChI=1S/C19H19ClN4O9S/c1-8-5-13(26)24(8)16(18(29)30)19(2,34(31)32)7-21-22-17(28)12-6-10(23-33-12)9-3-4-11(25)15(27)14(9)20/h3-4,6-8,16,25,27H,5H2,1-2H3,(H,22,28)(H,29,30)(H,31,32)/p-1/b21-7+/t8-,16+,19+/m1/s1. The van der Waals surface area contributed by atoms with Crippen molar-refractivity contribution >= 4 is 46.7 Å². The number of rotatable bonds is 8. The molecule has 0 bridgehead atoms. The first kappa shape index (κ1) is 25.1. The number of benzene rings is 1. The molecule has 1 fully saturated rings. The van der Waals surface area contributed by atoms with E-state index in [1.807, 2.05) is 5.43 Å². The lowest BCUT2D eigenvalue weighted by Crippen LogP contribution is -2.67. The summed E-state index contributed by atoms with van der Waals surface area (Å²) in [5.41, 5.74) is 2.19. The van der Waals surface area contributed by atoms with Crippen LogP contribution in [0.4, 0.5) is 0 Å². The van der Waals surface area contributed by atoms with E-state index >= 15 is 0 Å². The molecule has 2 aromatic rings. The molecule has 1 aliphatic rings. The molecule has 3 rings (SSSR count). The third-order valence-electron chi connectivity index (χ3n) is 5.24. The predicted molar refractivity (Wildman–Crippen MR) is 116 cm³/mol. The number of hydrogen-bond donors (Lipinski definition) is 4. The first-order valence-corrected chi connectivity index (χ1v) is 11.0. The molecule has 13 nitrogen and oxygen atoms in total. The Bertz CT molecular complexity index is 1220. The van der Waals surface area contributed by atoms with Gasteiger partial charge in [0, 0.05) is 30.3 Å². The van der Waals surface area contributed by atoms with Crippen molar-refractivity contribution in [3.63, 3.8) is 0 Å². The molecule has 1 unspecified atom stereocenters. The van der Waals surface area contributed by atoms with Crippen LogP contribution in [0.3, 0.4) is 0 Å². The van der Waals surface area contributed by atoms with E-state index in [-0.39, 0.29) is 28.5 Å². The molecule has 2 amide bonds. The van der Waals surface area contributed by atoms with E-state index in [0.29, 0.717) is 6.21 Å². The molecule has 2 heterocycles. The number of carbonyl (C=O) groups is 3. The van der Waals surface area contributed by atoms with Gasteiger partial charge in [-0.2, -0.15) is 5.10 Å². The Labute approximate surface area is 199 Å². The van der Waals surface area contributed by atoms with Crippen molar-refractivity contribution in [1.29, 1.82) is 0 Å². The fourth-order valence-electron chi connectivity index (χ4n) is 3.37. The Kier molecular flexibility index (Phi) is 6.95. The highest BCUT2D eigenvalue weighted by Crippen LogP contribution is 2.40. The summed E-state index contributed by atoms with van der Waals surface area (Å²) in [6, 6.07) is 1.37. The molecule has 0 saturated carbocycles. The molecular weight excluding hydrogens is 496 g/mol. The highest BCUT2D eigenvalue weighted by atomic mass is 35.5. The van der Waals surface area contributed by atoms with Gasteiger partial charge in [0.1, 0.15) is 5.69 Å². The van der Waals surface area contributed by atoms with Crippen LogP contribution in [0.2, 0.25) is 5.02 Å². The molecule has 4 N–H and O–H groups in total. The van der Waals surface area contributed by atoms with Crippen LogP contribution >= 0.6 is 11.6 Å². The summed E-state index contributed by atoms with van der Waals surface area (Å²) < 4.78 is 26.6. The number of phenolic OH excluding ortho intramolecular Hbond substituents is 2. The van der Waals surface area contributed by atoms with Crippen molar-refractivity contribution < 1.29 is 43.0 Å². The van der Waals surface area contributed by atoms with E-state index in [0.717, 1.165) is 24.0 Å². The van der Waals surface area contributed by atoms with Gasteiger partial charge < -0.3 is 29.3 Å².